The monoisotopic (exact) mass is 549 g/mol. The summed E-state index contributed by atoms with van der Waals surface area (Å²) >= 11 is 12.1. The topological polar surface area (TPSA) is 79.4 Å². The summed E-state index contributed by atoms with van der Waals surface area (Å²) in [6, 6.07) is 8.57. The number of rotatable bonds is 8. The lowest BCUT2D eigenvalue weighted by molar-refractivity contribution is -0.137. The highest BCUT2D eigenvalue weighted by Gasteiger charge is 2.35. The molecule has 186 valence electrons. The molecule has 0 saturated heterocycles. The van der Waals surface area contributed by atoms with Gasteiger partial charge in [-0.25, -0.2) is 12.8 Å². The standard InChI is InChI=1S/C22H17Cl2F4N3O3S/c23-17-3-2-16(22(26,27)28)10-19(17)31(13-21(32)30-12-14-5-7-29-8-6-14)35(33,34)20-4-1-15(11-25)9-18(20)24/h1-10H,11-13H2,(H,30,32). The van der Waals surface area contributed by atoms with E-state index in [9.17, 15) is 30.8 Å². The fourth-order valence-corrected chi connectivity index (χ4v) is 5.27. The van der Waals surface area contributed by atoms with Gasteiger partial charge in [0.05, 0.1) is 21.3 Å². The van der Waals surface area contributed by atoms with Gasteiger partial charge in [0.2, 0.25) is 5.91 Å². The molecule has 6 nitrogen and oxygen atoms in total. The molecule has 0 aliphatic heterocycles. The van der Waals surface area contributed by atoms with Crippen molar-refractivity contribution in [1.29, 1.82) is 0 Å². The summed E-state index contributed by atoms with van der Waals surface area (Å²) in [6.45, 7) is -1.81. The molecule has 0 aliphatic rings. The fraction of sp³-hybridized carbons (Fsp3) is 0.182. The van der Waals surface area contributed by atoms with Crippen LogP contribution in [0.1, 0.15) is 16.7 Å². The number of aromatic nitrogens is 1. The van der Waals surface area contributed by atoms with Crippen LogP contribution in [0.25, 0.3) is 0 Å². The molecule has 0 bridgehead atoms. The summed E-state index contributed by atoms with van der Waals surface area (Å²) in [5, 5.41) is 1.78. The quantitative estimate of drug-likeness (QED) is 0.382. The minimum absolute atomic E-state index is 0.0114. The van der Waals surface area contributed by atoms with Gasteiger partial charge in [-0.1, -0.05) is 29.3 Å². The van der Waals surface area contributed by atoms with E-state index in [1.807, 2.05) is 0 Å². The lowest BCUT2D eigenvalue weighted by Crippen LogP contribution is -2.41. The Bertz CT molecular complexity index is 1320. The van der Waals surface area contributed by atoms with Crippen LogP contribution in [-0.2, 0) is 34.2 Å². The largest absolute Gasteiger partial charge is 0.416 e. The van der Waals surface area contributed by atoms with Crippen LogP contribution in [0.2, 0.25) is 10.0 Å². The maximum absolute atomic E-state index is 13.5. The molecule has 1 aromatic heterocycles. The molecule has 1 amide bonds. The number of pyridine rings is 1. The van der Waals surface area contributed by atoms with E-state index in [4.69, 9.17) is 23.2 Å². The van der Waals surface area contributed by atoms with Crippen molar-refractivity contribution < 1.29 is 30.8 Å². The molecular weight excluding hydrogens is 533 g/mol. The number of halogens is 6. The van der Waals surface area contributed by atoms with Gasteiger partial charge in [0.1, 0.15) is 18.1 Å². The zero-order valence-electron chi connectivity index (χ0n) is 17.7. The molecule has 0 fully saturated rings. The number of nitrogens with zero attached hydrogens (tertiary/aromatic N) is 2. The molecule has 3 aromatic rings. The molecule has 13 heteroatoms. The van der Waals surface area contributed by atoms with E-state index >= 15 is 0 Å². The Balaban J connectivity index is 2.04. The van der Waals surface area contributed by atoms with Crippen molar-refractivity contribution in [3.63, 3.8) is 0 Å². The first-order valence-electron chi connectivity index (χ1n) is 9.83. The number of alkyl halides is 4. The fourth-order valence-electron chi connectivity index (χ4n) is 3.02. The summed E-state index contributed by atoms with van der Waals surface area (Å²) in [5.74, 6) is -0.824. The summed E-state index contributed by atoms with van der Waals surface area (Å²) in [7, 11) is -4.72. The van der Waals surface area contributed by atoms with Crippen molar-refractivity contribution in [2.75, 3.05) is 10.8 Å². The van der Waals surface area contributed by atoms with Gasteiger partial charge in [0.25, 0.3) is 10.0 Å². The summed E-state index contributed by atoms with van der Waals surface area (Å²) in [6.07, 6.45) is -1.83. The second-order valence-corrected chi connectivity index (χ2v) is 9.85. The van der Waals surface area contributed by atoms with Crippen molar-refractivity contribution in [3.8, 4) is 0 Å². The number of hydrogen-bond acceptors (Lipinski definition) is 4. The zero-order chi connectivity index (χ0) is 25.8. The molecule has 1 N–H and O–H groups in total. The van der Waals surface area contributed by atoms with Crippen LogP contribution in [0.4, 0.5) is 23.2 Å². The van der Waals surface area contributed by atoms with Crippen molar-refractivity contribution in [2.45, 2.75) is 24.3 Å². The summed E-state index contributed by atoms with van der Waals surface area (Å²) in [5.41, 5.74) is -1.00. The molecule has 0 unspecified atom stereocenters. The Labute approximate surface area is 208 Å². The average Bonchev–Trinajstić information content (AvgIpc) is 2.81. The predicted molar refractivity (Wildman–Crippen MR) is 123 cm³/mol. The van der Waals surface area contributed by atoms with Crippen LogP contribution in [0.5, 0.6) is 0 Å². The van der Waals surface area contributed by atoms with E-state index in [1.54, 1.807) is 12.1 Å². The van der Waals surface area contributed by atoms with Crippen LogP contribution in [-0.4, -0.2) is 25.9 Å². The summed E-state index contributed by atoms with van der Waals surface area (Å²) in [4.78, 5) is 16.0. The maximum atomic E-state index is 13.5. The number of hydrogen-bond donors (Lipinski definition) is 1. The number of carbonyl (C=O) groups excluding carboxylic acids is 1. The number of sulfonamides is 1. The zero-order valence-corrected chi connectivity index (χ0v) is 20.0. The Kier molecular flexibility index (Phi) is 8.24. The van der Waals surface area contributed by atoms with Crippen molar-refractivity contribution in [3.05, 3.63) is 87.7 Å². The minimum Gasteiger partial charge on any atom is -0.350 e. The predicted octanol–water partition coefficient (Wildman–Crippen LogP) is 5.39. The number of carbonyl (C=O) groups is 1. The second kappa shape index (κ2) is 10.8. The lowest BCUT2D eigenvalue weighted by atomic mass is 10.2. The lowest BCUT2D eigenvalue weighted by Gasteiger charge is -2.26. The molecule has 0 saturated carbocycles. The molecule has 0 aliphatic carbocycles. The van der Waals surface area contributed by atoms with E-state index in [0.717, 1.165) is 24.3 Å². The van der Waals surface area contributed by atoms with Crippen molar-refractivity contribution in [2.24, 2.45) is 0 Å². The first kappa shape index (κ1) is 26.7. The highest BCUT2D eigenvalue weighted by molar-refractivity contribution is 7.93. The third-order valence-electron chi connectivity index (χ3n) is 4.79. The third kappa shape index (κ3) is 6.41. The maximum Gasteiger partial charge on any atom is 0.416 e. The number of amides is 1. The van der Waals surface area contributed by atoms with Crippen molar-refractivity contribution >= 4 is 44.8 Å². The van der Waals surface area contributed by atoms with Gasteiger partial charge in [-0.3, -0.25) is 14.1 Å². The van der Waals surface area contributed by atoms with Crippen LogP contribution < -0.4 is 9.62 Å². The summed E-state index contributed by atoms with van der Waals surface area (Å²) < 4.78 is 80.4. The normalized spacial score (nSPS) is 11.8. The van der Waals surface area contributed by atoms with Crippen LogP contribution in [0, 0.1) is 0 Å². The highest BCUT2D eigenvalue weighted by Crippen LogP contribution is 2.38. The highest BCUT2D eigenvalue weighted by atomic mass is 35.5. The number of benzene rings is 2. The molecule has 0 atom stereocenters. The second-order valence-electron chi connectivity index (χ2n) is 7.21. The van der Waals surface area contributed by atoms with E-state index < -0.39 is 51.5 Å². The Morgan fingerprint density at radius 1 is 0.971 bits per heavy atom. The smallest absolute Gasteiger partial charge is 0.350 e. The van der Waals surface area contributed by atoms with Gasteiger partial charge in [0, 0.05) is 18.9 Å². The SMILES string of the molecule is O=C(CN(c1cc(C(F)(F)F)ccc1Cl)S(=O)(=O)c1ccc(CF)cc1Cl)NCc1ccncc1. The Morgan fingerprint density at radius 3 is 2.26 bits per heavy atom. The first-order valence-corrected chi connectivity index (χ1v) is 12.0. The van der Waals surface area contributed by atoms with E-state index in [1.165, 1.54) is 12.4 Å². The molecule has 1 heterocycles. The van der Waals surface area contributed by atoms with Gasteiger partial charge in [-0.05, 0) is 53.6 Å². The van der Waals surface area contributed by atoms with Gasteiger partial charge in [-0.15, -0.1) is 0 Å². The molecule has 3 rings (SSSR count). The molecule has 2 aromatic carbocycles. The Hall–Kier alpha value is -2.89. The van der Waals surface area contributed by atoms with Gasteiger partial charge in [0.15, 0.2) is 0 Å². The Morgan fingerprint density at radius 2 is 1.66 bits per heavy atom. The van der Waals surface area contributed by atoms with Crippen LogP contribution >= 0.6 is 23.2 Å². The van der Waals surface area contributed by atoms with Crippen LogP contribution in [0.15, 0.2) is 65.8 Å². The molecular formula is C22H17Cl2F4N3O3S. The van der Waals surface area contributed by atoms with Crippen LogP contribution in [0.3, 0.4) is 0 Å². The van der Waals surface area contributed by atoms with Gasteiger partial charge < -0.3 is 5.32 Å². The van der Waals surface area contributed by atoms with E-state index in [2.05, 4.69) is 10.3 Å². The first-order chi connectivity index (χ1) is 16.4. The number of anilines is 1. The van der Waals surface area contributed by atoms with Gasteiger partial charge in [-0.2, -0.15) is 13.2 Å². The average molecular weight is 550 g/mol. The number of nitrogens with one attached hydrogen (secondary N) is 1. The van der Waals surface area contributed by atoms with Gasteiger partial charge >= 0.3 is 6.18 Å². The minimum atomic E-state index is -4.81. The van der Waals surface area contributed by atoms with Crippen molar-refractivity contribution in [1.82, 2.24) is 10.3 Å². The molecule has 0 spiro atoms. The molecule has 35 heavy (non-hydrogen) atoms. The van der Waals surface area contributed by atoms with E-state index in [-0.39, 0.29) is 22.2 Å². The van der Waals surface area contributed by atoms with E-state index in [0.29, 0.717) is 22.0 Å². The third-order valence-corrected chi connectivity index (χ3v) is 7.35. The molecule has 0 radical (unpaired) electrons.